The van der Waals surface area contributed by atoms with Gasteiger partial charge < -0.3 is 9.21 Å². The number of alkyl halides is 2. The third-order valence-electron chi connectivity index (χ3n) is 5.90. The molecule has 1 saturated heterocycles. The Labute approximate surface area is 191 Å². The number of likely N-dealkylation sites (tertiary alicyclic amines) is 1. The van der Waals surface area contributed by atoms with Crippen LogP contribution in [-0.4, -0.2) is 47.6 Å². The lowest BCUT2D eigenvalue weighted by atomic mass is 10.0. The van der Waals surface area contributed by atoms with Crippen molar-refractivity contribution >= 4 is 29.1 Å². The summed E-state index contributed by atoms with van der Waals surface area (Å²) in [4.78, 5) is 2.46. The minimum Gasteiger partial charge on any atom is -0.311 e. The Morgan fingerprint density at radius 3 is 2.47 bits per heavy atom. The molecule has 1 fully saturated rings. The van der Waals surface area contributed by atoms with Gasteiger partial charge in [0.15, 0.2) is 0 Å². The average molecular weight is 461 g/mol. The number of rotatable bonds is 8. The van der Waals surface area contributed by atoms with E-state index < -0.39 is 6.43 Å². The summed E-state index contributed by atoms with van der Waals surface area (Å²) in [5.41, 5.74) is 2.20. The first-order valence-corrected chi connectivity index (χ1v) is 11.8. The highest BCUT2D eigenvalue weighted by Crippen LogP contribution is 2.33. The first kappa shape index (κ1) is 22.9. The SMILES string of the molecule is CCN1CCC(SN(Cc2ccc(C3=NN=C(C(F)F)C3)cc2F)c2ccccc2)CC1. The molecule has 0 amide bonds. The van der Waals surface area contributed by atoms with Crippen LogP contribution < -0.4 is 4.31 Å². The number of benzene rings is 2. The van der Waals surface area contributed by atoms with Crippen LogP contribution in [0.5, 0.6) is 0 Å². The van der Waals surface area contributed by atoms with E-state index in [9.17, 15) is 8.78 Å². The van der Waals surface area contributed by atoms with Gasteiger partial charge in [-0.1, -0.05) is 37.3 Å². The summed E-state index contributed by atoms with van der Waals surface area (Å²) in [5, 5.41) is 7.83. The molecule has 4 rings (SSSR count). The highest BCUT2D eigenvalue weighted by atomic mass is 32.2. The molecular formula is C24H27F3N4S. The summed E-state index contributed by atoms with van der Waals surface area (Å²) in [5.74, 6) is -0.363. The Morgan fingerprint density at radius 1 is 1.09 bits per heavy atom. The van der Waals surface area contributed by atoms with Gasteiger partial charge in [-0.15, -0.1) is 0 Å². The van der Waals surface area contributed by atoms with Crippen LogP contribution in [0, 0.1) is 5.82 Å². The Hall–Kier alpha value is -2.32. The van der Waals surface area contributed by atoms with Gasteiger partial charge >= 0.3 is 0 Å². The van der Waals surface area contributed by atoms with Crippen molar-refractivity contribution in [2.75, 3.05) is 23.9 Å². The van der Waals surface area contributed by atoms with E-state index in [1.807, 2.05) is 30.3 Å². The molecule has 0 radical (unpaired) electrons. The van der Waals surface area contributed by atoms with Gasteiger partial charge in [0.25, 0.3) is 6.43 Å². The second kappa shape index (κ2) is 10.5. The van der Waals surface area contributed by atoms with Crippen LogP contribution in [0.25, 0.3) is 0 Å². The van der Waals surface area contributed by atoms with Crippen LogP contribution in [0.3, 0.4) is 0 Å². The molecule has 0 N–H and O–H groups in total. The van der Waals surface area contributed by atoms with Gasteiger partial charge in [-0.05, 0) is 62.6 Å². The van der Waals surface area contributed by atoms with Crippen LogP contribution in [-0.2, 0) is 6.54 Å². The third-order valence-corrected chi connectivity index (χ3v) is 7.27. The van der Waals surface area contributed by atoms with Gasteiger partial charge in [0, 0.05) is 28.5 Å². The molecule has 2 heterocycles. The first-order valence-electron chi connectivity index (χ1n) is 11.0. The van der Waals surface area contributed by atoms with Crippen molar-refractivity contribution < 1.29 is 13.2 Å². The van der Waals surface area contributed by atoms with Gasteiger partial charge in [0.2, 0.25) is 0 Å². The van der Waals surface area contributed by atoms with E-state index >= 15 is 4.39 Å². The van der Waals surface area contributed by atoms with Gasteiger partial charge in [-0.2, -0.15) is 10.2 Å². The molecule has 0 aliphatic carbocycles. The molecule has 2 aliphatic rings. The molecule has 170 valence electrons. The number of halogens is 3. The molecule has 8 heteroatoms. The number of hydrogen-bond acceptors (Lipinski definition) is 5. The van der Waals surface area contributed by atoms with E-state index in [-0.39, 0.29) is 17.9 Å². The molecule has 0 unspecified atom stereocenters. The maximum Gasteiger partial charge on any atom is 0.278 e. The van der Waals surface area contributed by atoms with Gasteiger partial charge in [0.1, 0.15) is 11.5 Å². The quantitative estimate of drug-likeness (QED) is 0.468. The number of anilines is 1. The fourth-order valence-corrected chi connectivity index (χ4v) is 5.19. The minimum absolute atomic E-state index is 0.0428. The second-order valence-electron chi connectivity index (χ2n) is 8.03. The molecule has 2 aromatic carbocycles. The predicted octanol–water partition coefficient (Wildman–Crippen LogP) is 5.78. The summed E-state index contributed by atoms with van der Waals surface area (Å²) in [6.07, 6.45) is -0.467. The Balaban J connectivity index is 1.47. The van der Waals surface area contributed by atoms with E-state index in [0.29, 0.717) is 28.6 Å². The van der Waals surface area contributed by atoms with E-state index in [4.69, 9.17) is 0 Å². The molecule has 0 saturated carbocycles. The molecule has 0 aromatic heterocycles. The Morgan fingerprint density at radius 2 is 1.84 bits per heavy atom. The van der Waals surface area contributed by atoms with E-state index in [2.05, 4.69) is 26.3 Å². The zero-order valence-corrected chi connectivity index (χ0v) is 18.9. The normalized spacial score (nSPS) is 17.5. The standard InChI is InChI=1S/C24H27F3N4S/c1-2-30-12-10-20(11-13-30)32-31(19-6-4-3-5-7-19)16-18-9-8-17(14-21(18)25)22-15-23(24(26)27)29-28-22/h3-9,14,20,24H,2,10-13,15-16H2,1H3. The molecule has 0 spiro atoms. The number of hydrogen-bond donors (Lipinski definition) is 0. The van der Waals surface area contributed by atoms with Gasteiger partial charge in [-0.25, -0.2) is 13.2 Å². The fraction of sp³-hybridized carbons (Fsp3) is 0.417. The smallest absolute Gasteiger partial charge is 0.278 e. The summed E-state index contributed by atoms with van der Waals surface area (Å²) in [6.45, 7) is 5.86. The summed E-state index contributed by atoms with van der Waals surface area (Å²) < 4.78 is 42.8. The molecular weight excluding hydrogens is 433 g/mol. The maximum atomic E-state index is 15.0. The predicted molar refractivity (Wildman–Crippen MR) is 126 cm³/mol. The molecule has 4 nitrogen and oxygen atoms in total. The van der Waals surface area contributed by atoms with Crippen molar-refractivity contribution in [3.63, 3.8) is 0 Å². The average Bonchev–Trinajstić information content (AvgIpc) is 3.32. The van der Waals surface area contributed by atoms with Crippen molar-refractivity contribution in [2.24, 2.45) is 10.2 Å². The zero-order chi connectivity index (χ0) is 22.5. The minimum atomic E-state index is -2.64. The van der Waals surface area contributed by atoms with E-state index in [0.717, 1.165) is 38.2 Å². The topological polar surface area (TPSA) is 31.2 Å². The van der Waals surface area contributed by atoms with Crippen molar-refractivity contribution in [3.8, 4) is 0 Å². The summed E-state index contributed by atoms with van der Waals surface area (Å²) >= 11 is 1.78. The molecule has 2 aromatic rings. The van der Waals surface area contributed by atoms with E-state index in [1.54, 1.807) is 24.1 Å². The zero-order valence-electron chi connectivity index (χ0n) is 18.1. The number of piperidine rings is 1. The lowest BCUT2D eigenvalue weighted by molar-refractivity contribution is 0.224. The van der Waals surface area contributed by atoms with Crippen LogP contribution in [0.2, 0.25) is 0 Å². The molecule has 0 bridgehead atoms. The maximum absolute atomic E-state index is 15.0. The van der Waals surface area contributed by atoms with Crippen molar-refractivity contribution in [2.45, 2.75) is 44.4 Å². The van der Waals surface area contributed by atoms with Crippen LogP contribution >= 0.6 is 11.9 Å². The second-order valence-corrected chi connectivity index (χ2v) is 9.35. The van der Waals surface area contributed by atoms with Crippen molar-refractivity contribution in [1.29, 1.82) is 0 Å². The van der Waals surface area contributed by atoms with Crippen LogP contribution in [0.15, 0.2) is 58.7 Å². The monoisotopic (exact) mass is 460 g/mol. The largest absolute Gasteiger partial charge is 0.311 e. The summed E-state index contributed by atoms with van der Waals surface area (Å²) in [6, 6.07) is 14.9. The molecule has 2 aliphatic heterocycles. The molecule has 32 heavy (non-hydrogen) atoms. The van der Waals surface area contributed by atoms with Crippen molar-refractivity contribution in [3.05, 3.63) is 65.5 Å². The Kier molecular flexibility index (Phi) is 7.52. The van der Waals surface area contributed by atoms with Crippen molar-refractivity contribution in [1.82, 2.24) is 4.90 Å². The van der Waals surface area contributed by atoms with Gasteiger partial charge in [0.05, 0.1) is 12.3 Å². The van der Waals surface area contributed by atoms with Crippen LogP contribution in [0.4, 0.5) is 18.9 Å². The Bertz CT molecular complexity index is 972. The molecule has 0 atom stereocenters. The highest BCUT2D eigenvalue weighted by Gasteiger charge is 2.24. The fourth-order valence-electron chi connectivity index (χ4n) is 3.95. The van der Waals surface area contributed by atoms with Crippen LogP contribution in [0.1, 0.15) is 37.3 Å². The highest BCUT2D eigenvalue weighted by molar-refractivity contribution is 8.01. The van der Waals surface area contributed by atoms with Gasteiger partial charge in [-0.3, -0.25) is 0 Å². The number of nitrogens with zero attached hydrogens (tertiary/aromatic N) is 4. The third kappa shape index (κ3) is 5.53. The number of para-hydroxylation sites is 1. The van der Waals surface area contributed by atoms with E-state index in [1.165, 1.54) is 6.07 Å². The lowest BCUT2D eigenvalue weighted by Crippen LogP contribution is -2.36. The summed E-state index contributed by atoms with van der Waals surface area (Å²) in [7, 11) is 0. The first-order chi connectivity index (χ1) is 15.5. The lowest BCUT2D eigenvalue weighted by Gasteiger charge is -2.34.